The molecular weight excluding hydrogens is 208 g/mol. The van der Waals surface area contributed by atoms with Gasteiger partial charge in [-0.15, -0.1) is 0 Å². The molecule has 0 unspecified atom stereocenters. The van der Waals surface area contributed by atoms with Crippen LogP contribution in [0.25, 0.3) is 0 Å². The van der Waals surface area contributed by atoms with E-state index < -0.39 is 0 Å². The number of ketones is 1. The molecule has 0 saturated heterocycles. The molecule has 0 fully saturated rings. The zero-order chi connectivity index (χ0) is 12.6. The van der Waals surface area contributed by atoms with Crippen LogP contribution >= 0.6 is 0 Å². The monoisotopic (exact) mass is 230 g/mol. The van der Waals surface area contributed by atoms with Gasteiger partial charge in [0.05, 0.1) is 6.10 Å². The summed E-state index contributed by atoms with van der Waals surface area (Å²) in [6, 6.07) is 0. The lowest BCUT2D eigenvalue weighted by molar-refractivity contribution is -0.147. The van der Waals surface area contributed by atoms with Crippen molar-refractivity contribution in [1.29, 1.82) is 0 Å². The third-order valence-electron chi connectivity index (χ3n) is 1.92. The Morgan fingerprint density at radius 3 is 2.25 bits per heavy atom. The molecule has 0 heterocycles. The summed E-state index contributed by atoms with van der Waals surface area (Å²) in [5.74, 6) is -0.121. The van der Waals surface area contributed by atoms with Crippen LogP contribution in [0.4, 0.5) is 0 Å². The first kappa shape index (κ1) is 15.1. The van der Waals surface area contributed by atoms with Crippen molar-refractivity contribution in [2.75, 3.05) is 13.2 Å². The molecule has 94 valence electrons. The Labute approximate surface area is 97.3 Å². The van der Waals surface area contributed by atoms with Gasteiger partial charge in [0, 0.05) is 18.9 Å². The summed E-state index contributed by atoms with van der Waals surface area (Å²) < 4.78 is 10.1. The Kier molecular flexibility index (Phi) is 7.81. The van der Waals surface area contributed by atoms with E-state index in [2.05, 4.69) is 0 Å². The second-order valence-electron chi connectivity index (χ2n) is 4.32. The highest BCUT2D eigenvalue weighted by molar-refractivity contribution is 5.81. The van der Waals surface area contributed by atoms with Crippen LogP contribution in [0.15, 0.2) is 0 Å². The van der Waals surface area contributed by atoms with E-state index in [-0.39, 0.29) is 30.4 Å². The van der Waals surface area contributed by atoms with Gasteiger partial charge in [-0.05, 0) is 20.3 Å². The van der Waals surface area contributed by atoms with Crippen molar-refractivity contribution < 1.29 is 19.1 Å². The van der Waals surface area contributed by atoms with Crippen molar-refractivity contribution in [3.05, 3.63) is 0 Å². The maximum atomic E-state index is 11.2. The zero-order valence-corrected chi connectivity index (χ0v) is 10.6. The fraction of sp³-hybridized carbons (Fsp3) is 0.833. The van der Waals surface area contributed by atoms with Crippen LogP contribution in [0.1, 0.15) is 40.5 Å². The molecule has 0 amide bonds. The molecule has 4 nitrogen and oxygen atoms in total. The molecule has 0 aromatic carbocycles. The summed E-state index contributed by atoms with van der Waals surface area (Å²) in [7, 11) is 0. The summed E-state index contributed by atoms with van der Waals surface area (Å²) in [5, 5.41) is 0. The molecule has 0 radical (unpaired) electrons. The molecule has 4 heteroatoms. The standard InChI is InChI=1S/C12H22O4/c1-9(2)11(13)8-15-7-5-6-12(14)16-10(3)4/h9-10H,5-8H2,1-4H3. The van der Waals surface area contributed by atoms with E-state index in [1.807, 2.05) is 27.7 Å². The van der Waals surface area contributed by atoms with Crippen LogP contribution in [-0.2, 0) is 19.1 Å². The minimum Gasteiger partial charge on any atom is -0.463 e. The SMILES string of the molecule is CC(C)OC(=O)CCCOCC(=O)C(C)C. The number of carbonyl (C=O) groups excluding carboxylic acids is 2. The summed E-state index contributed by atoms with van der Waals surface area (Å²) in [5.41, 5.74) is 0. The average molecular weight is 230 g/mol. The van der Waals surface area contributed by atoms with Crippen LogP contribution in [0, 0.1) is 5.92 Å². The molecular formula is C12H22O4. The Morgan fingerprint density at radius 1 is 1.12 bits per heavy atom. The van der Waals surface area contributed by atoms with Gasteiger partial charge in [-0.1, -0.05) is 13.8 Å². The van der Waals surface area contributed by atoms with Crippen molar-refractivity contribution in [2.45, 2.75) is 46.6 Å². The van der Waals surface area contributed by atoms with Gasteiger partial charge in [-0.2, -0.15) is 0 Å². The molecule has 0 aliphatic heterocycles. The van der Waals surface area contributed by atoms with Crippen LogP contribution in [0.2, 0.25) is 0 Å². The van der Waals surface area contributed by atoms with E-state index in [4.69, 9.17) is 9.47 Å². The first-order valence-electron chi connectivity index (χ1n) is 5.73. The Morgan fingerprint density at radius 2 is 1.75 bits per heavy atom. The molecule has 0 bridgehead atoms. The van der Waals surface area contributed by atoms with E-state index in [0.29, 0.717) is 19.4 Å². The third kappa shape index (κ3) is 8.41. The number of carbonyl (C=O) groups is 2. The summed E-state index contributed by atoms with van der Waals surface area (Å²) in [6.45, 7) is 7.87. The molecule has 0 atom stereocenters. The average Bonchev–Trinajstić information content (AvgIpc) is 2.15. The maximum Gasteiger partial charge on any atom is 0.306 e. The van der Waals surface area contributed by atoms with Crippen molar-refractivity contribution in [3.63, 3.8) is 0 Å². The summed E-state index contributed by atoms with van der Waals surface area (Å²) in [4.78, 5) is 22.3. The highest BCUT2D eigenvalue weighted by atomic mass is 16.5. The van der Waals surface area contributed by atoms with Gasteiger partial charge < -0.3 is 9.47 Å². The minimum atomic E-state index is -0.214. The van der Waals surface area contributed by atoms with Gasteiger partial charge in [-0.3, -0.25) is 9.59 Å². The number of Topliss-reactive ketones (excluding diaryl/α,β-unsaturated/α-hetero) is 1. The van der Waals surface area contributed by atoms with Gasteiger partial charge in [0.25, 0.3) is 0 Å². The highest BCUT2D eigenvalue weighted by Crippen LogP contribution is 1.99. The van der Waals surface area contributed by atoms with Crippen LogP contribution < -0.4 is 0 Å². The van der Waals surface area contributed by atoms with E-state index in [0.717, 1.165) is 0 Å². The number of hydrogen-bond donors (Lipinski definition) is 0. The Balaban J connectivity index is 3.40. The highest BCUT2D eigenvalue weighted by Gasteiger charge is 2.08. The topological polar surface area (TPSA) is 52.6 Å². The zero-order valence-electron chi connectivity index (χ0n) is 10.6. The fourth-order valence-corrected chi connectivity index (χ4v) is 0.980. The summed E-state index contributed by atoms with van der Waals surface area (Å²) in [6.07, 6.45) is 0.862. The lowest BCUT2D eigenvalue weighted by atomic mass is 10.1. The molecule has 0 saturated carbocycles. The quantitative estimate of drug-likeness (QED) is 0.472. The van der Waals surface area contributed by atoms with Gasteiger partial charge in [0.15, 0.2) is 5.78 Å². The first-order valence-corrected chi connectivity index (χ1v) is 5.73. The molecule has 0 spiro atoms. The smallest absolute Gasteiger partial charge is 0.306 e. The minimum absolute atomic E-state index is 0.00547. The van der Waals surface area contributed by atoms with E-state index >= 15 is 0 Å². The number of ether oxygens (including phenoxy) is 2. The van der Waals surface area contributed by atoms with Gasteiger partial charge >= 0.3 is 5.97 Å². The van der Waals surface area contributed by atoms with Crippen molar-refractivity contribution in [1.82, 2.24) is 0 Å². The Bertz CT molecular complexity index is 221. The van der Waals surface area contributed by atoms with E-state index in [1.165, 1.54) is 0 Å². The molecule has 0 N–H and O–H groups in total. The lowest BCUT2D eigenvalue weighted by Gasteiger charge is -2.08. The van der Waals surface area contributed by atoms with E-state index in [9.17, 15) is 9.59 Å². The third-order valence-corrected chi connectivity index (χ3v) is 1.92. The van der Waals surface area contributed by atoms with Gasteiger partial charge in [0.2, 0.25) is 0 Å². The van der Waals surface area contributed by atoms with Crippen molar-refractivity contribution >= 4 is 11.8 Å². The second-order valence-corrected chi connectivity index (χ2v) is 4.32. The molecule has 0 rings (SSSR count). The molecule has 0 aromatic heterocycles. The summed E-state index contributed by atoms with van der Waals surface area (Å²) >= 11 is 0. The normalized spacial score (nSPS) is 10.9. The largest absolute Gasteiger partial charge is 0.463 e. The molecule has 0 aliphatic rings. The number of esters is 1. The predicted octanol–water partition coefficient (Wildman–Crippen LogP) is 1.96. The predicted molar refractivity (Wildman–Crippen MR) is 61.1 cm³/mol. The fourth-order valence-electron chi connectivity index (χ4n) is 0.980. The van der Waals surface area contributed by atoms with Crippen LogP contribution in [-0.4, -0.2) is 31.1 Å². The second kappa shape index (κ2) is 8.28. The van der Waals surface area contributed by atoms with Gasteiger partial charge in [-0.25, -0.2) is 0 Å². The molecule has 0 aliphatic carbocycles. The van der Waals surface area contributed by atoms with Crippen LogP contribution in [0.3, 0.4) is 0 Å². The maximum absolute atomic E-state index is 11.2. The number of hydrogen-bond acceptors (Lipinski definition) is 4. The number of rotatable bonds is 8. The van der Waals surface area contributed by atoms with E-state index in [1.54, 1.807) is 0 Å². The molecule has 16 heavy (non-hydrogen) atoms. The van der Waals surface area contributed by atoms with Crippen molar-refractivity contribution in [3.8, 4) is 0 Å². The lowest BCUT2D eigenvalue weighted by Crippen LogP contribution is -2.16. The Hall–Kier alpha value is -0.900. The van der Waals surface area contributed by atoms with Gasteiger partial charge in [0.1, 0.15) is 6.61 Å². The van der Waals surface area contributed by atoms with Crippen molar-refractivity contribution in [2.24, 2.45) is 5.92 Å². The molecule has 0 aromatic rings. The van der Waals surface area contributed by atoms with Crippen LogP contribution in [0.5, 0.6) is 0 Å². The first-order chi connectivity index (χ1) is 7.43.